The lowest BCUT2D eigenvalue weighted by Gasteiger charge is -2.09. The number of anilines is 1. The van der Waals surface area contributed by atoms with E-state index in [1.807, 2.05) is 0 Å². The molecule has 0 amide bonds. The number of hydrogen-bond acceptors (Lipinski definition) is 7. The summed E-state index contributed by atoms with van der Waals surface area (Å²) < 4.78 is 38.6. The van der Waals surface area contributed by atoms with Crippen molar-refractivity contribution in [2.24, 2.45) is 0 Å². The molecule has 29 heavy (non-hydrogen) atoms. The first-order valence-corrected chi connectivity index (χ1v) is 8.41. The van der Waals surface area contributed by atoms with E-state index in [1.54, 1.807) is 30.3 Å². The molecule has 1 aliphatic rings. The zero-order valence-corrected chi connectivity index (χ0v) is 14.9. The third-order valence-electron chi connectivity index (χ3n) is 3.83. The molecule has 9 heteroatoms. The lowest BCUT2D eigenvalue weighted by Crippen LogP contribution is -2.20. The zero-order chi connectivity index (χ0) is 20.8. The molecule has 0 aromatic heterocycles. The van der Waals surface area contributed by atoms with E-state index in [2.05, 4.69) is 10.1 Å². The number of carbonyl (C=O) groups excluding carboxylic acids is 3. The molecule has 2 aromatic rings. The monoisotopic (exact) mass is 403 g/mol. The number of Topliss-reactive ketones (excluding diaryl/α,β-unsaturated/α-hetero) is 2. The quantitative estimate of drug-likeness (QED) is 0.412. The Kier molecular flexibility index (Phi) is 6.18. The molecule has 7 nitrogen and oxygen atoms in total. The van der Waals surface area contributed by atoms with Gasteiger partial charge in [0.25, 0.3) is 0 Å². The van der Waals surface area contributed by atoms with Crippen molar-refractivity contribution in [2.45, 2.75) is 6.61 Å². The van der Waals surface area contributed by atoms with E-state index in [4.69, 9.17) is 9.47 Å². The van der Waals surface area contributed by atoms with Gasteiger partial charge in [0.2, 0.25) is 11.7 Å². The van der Waals surface area contributed by atoms with E-state index < -0.39 is 30.8 Å². The minimum atomic E-state index is -2.98. The highest BCUT2D eigenvalue weighted by Crippen LogP contribution is 2.21. The Balaban J connectivity index is 1.63. The molecule has 0 saturated carbocycles. The van der Waals surface area contributed by atoms with Gasteiger partial charge in [0.05, 0.1) is 0 Å². The number of benzene rings is 2. The highest BCUT2D eigenvalue weighted by Gasteiger charge is 2.32. The molecule has 0 aliphatic carbocycles. The summed E-state index contributed by atoms with van der Waals surface area (Å²) >= 11 is 0. The van der Waals surface area contributed by atoms with Crippen LogP contribution >= 0.6 is 0 Å². The van der Waals surface area contributed by atoms with Crippen LogP contribution in [-0.2, 0) is 19.1 Å². The average Bonchev–Trinajstić information content (AvgIpc) is 3.07. The minimum absolute atomic E-state index is 0.0489. The Hall–Kier alpha value is -3.75. The summed E-state index contributed by atoms with van der Waals surface area (Å²) in [7, 11) is 0. The highest BCUT2D eigenvalue weighted by molar-refractivity contribution is 6.20. The first-order chi connectivity index (χ1) is 13.9. The van der Waals surface area contributed by atoms with Crippen molar-refractivity contribution in [1.82, 2.24) is 0 Å². The van der Waals surface area contributed by atoms with Gasteiger partial charge in [-0.15, -0.1) is 0 Å². The summed E-state index contributed by atoms with van der Waals surface area (Å²) in [5, 5.41) is 2.82. The van der Waals surface area contributed by atoms with E-state index in [0.29, 0.717) is 5.69 Å². The SMILES string of the molecule is O=C1COC(Nc2ccccc2)=C1C(=O)OCC(=O)c1ccc(OC(F)F)cc1. The summed E-state index contributed by atoms with van der Waals surface area (Å²) in [6, 6.07) is 13.7. The van der Waals surface area contributed by atoms with Crippen LogP contribution in [-0.4, -0.2) is 37.4 Å². The molecule has 150 valence electrons. The molecule has 0 bridgehead atoms. The molecule has 1 heterocycles. The maximum atomic E-state index is 12.3. The molecule has 2 aromatic carbocycles. The van der Waals surface area contributed by atoms with Crippen molar-refractivity contribution < 1.29 is 37.4 Å². The highest BCUT2D eigenvalue weighted by atomic mass is 19.3. The molecular weight excluding hydrogens is 388 g/mol. The maximum Gasteiger partial charge on any atom is 0.387 e. The Morgan fingerprint density at radius 2 is 1.76 bits per heavy atom. The van der Waals surface area contributed by atoms with Crippen molar-refractivity contribution in [3.05, 3.63) is 71.6 Å². The number of nitrogens with one attached hydrogen (secondary N) is 1. The lowest BCUT2D eigenvalue weighted by atomic mass is 10.1. The number of alkyl halides is 2. The van der Waals surface area contributed by atoms with Crippen molar-refractivity contribution >= 4 is 23.2 Å². The van der Waals surface area contributed by atoms with Gasteiger partial charge in [-0.3, -0.25) is 9.59 Å². The lowest BCUT2D eigenvalue weighted by molar-refractivity contribution is -0.139. The van der Waals surface area contributed by atoms with Crippen molar-refractivity contribution in [3.63, 3.8) is 0 Å². The predicted molar refractivity (Wildman–Crippen MR) is 96.4 cm³/mol. The van der Waals surface area contributed by atoms with Crippen LogP contribution in [0.15, 0.2) is 66.1 Å². The molecule has 0 atom stereocenters. The second kappa shape index (κ2) is 8.96. The number of halogens is 2. The molecule has 0 saturated heterocycles. The van der Waals surface area contributed by atoms with Gasteiger partial charge in [0.1, 0.15) is 5.75 Å². The van der Waals surface area contributed by atoms with Crippen molar-refractivity contribution in [1.29, 1.82) is 0 Å². The molecule has 1 aliphatic heterocycles. The number of carbonyl (C=O) groups is 3. The van der Waals surface area contributed by atoms with Crippen LogP contribution in [0.25, 0.3) is 0 Å². The number of hydrogen-bond donors (Lipinski definition) is 1. The zero-order valence-electron chi connectivity index (χ0n) is 14.9. The normalized spacial score (nSPS) is 13.3. The number of ketones is 2. The van der Waals surface area contributed by atoms with E-state index in [0.717, 1.165) is 0 Å². The summed E-state index contributed by atoms with van der Waals surface area (Å²) in [5.74, 6) is -2.31. The third kappa shape index (κ3) is 5.16. The summed E-state index contributed by atoms with van der Waals surface area (Å²) in [5.41, 5.74) is 0.414. The summed E-state index contributed by atoms with van der Waals surface area (Å²) in [6.45, 7) is -3.93. The Morgan fingerprint density at radius 3 is 2.41 bits per heavy atom. The number of ether oxygens (including phenoxy) is 3. The van der Waals surface area contributed by atoms with Gasteiger partial charge in [-0.25, -0.2) is 4.79 Å². The van der Waals surface area contributed by atoms with Gasteiger partial charge in [-0.1, -0.05) is 18.2 Å². The standard InChI is InChI=1S/C20H15F2NO6/c21-20(22)29-14-8-6-12(7-9-14)15(24)10-28-19(26)17-16(25)11-27-18(17)23-13-4-2-1-3-5-13/h1-9,20,23H,10-11H2. The van der Waals surface area contributed by atoms with Crippen LogP contribution in [0.5, 0.6) is 5.75 Å². The van der Waals surface area contributed by atoms with Crippen LogP contribution in [0.3, 0.4) is 0 Å². The summed E-state index contributed by atoms with van der Waals surface area (Å²) in [6.07, 6.45) is 0. The van der Waals surface area contributed by atoms with Crippen molar-refractivity contribution in [3.8, 4) is 5.75 Å². The number of para-hydroxylation sites is 1. The maximum absolute atomic E-state index is 12.3. The summed E-state index contributed by atoms with van der Waals surface area (Å²) in [4.78, 5) is 36.4. The second-order valence-corrected chi connectivity index (χ2v) is 5.81. The average molecular weight is 403 g/mol. The largest absolute Gasteiger partial charge is 0.470 e. The molecule has 3 rings (SSSR count). The molecule has 0 unspecified atom stereocenters. The smallest absolute Gasteiger partial charge is 0.387 e. The van der Waals surface area contributed by atoms with E-state index in [1.165, 1.54) is 24.3 Å². The fourth-order valence-corrected chi connectivity index (χ4v) is 2.48. The van der Waals surface area contributed by atoms with Gasteiger partial charge in [-0.2, -0.15) is 8.78 Å². The molecule has 0 fully saturated rings. The topological polar surface area (TPSA) is 90.9 Å². The van der Waals surface area contributed by atoms with Crippen LogP contribution in [0, 0.1) is 0 Å². The first-order valence-electron chi connectivity index (χ1n) is 8.41. The van der Waals surface area contributed by atoms with Gasteiger partial charge < -0.3 is 19.5 Å². The van der Waals surface area contributed by atoms with E-state index in [9.17, 15) is 23.2 Å². The van der Waals surface area contributed by atoms with Crippen LogP contribution < -0.4 is 10.1 Å². The Labute approximate surface area is 163 Å². The number of esters is 1. The third-order valence-corrected chi connectivity index (χ3v) is 3.83. The fraction of sp³-hybridized carbons (Fsp3) is 0.150. The Bertz CT molecular complexity index is 941. The molecule has 0 radical (unpaired) electrons. The predicted octanol–water partition coefficient (Wildman–Crippen LogP) is 2.94. The van der Waals surface area contributed by atoms with Gasteiger partial charge >= 0.3 is 12.6 Å². The first kappa shape index (κ1) is 20.0. The molecule has 1 N–H and O–H groups in total. The van der Waals surface area contributed by atoms with Gasteiger partial charge in [0.15, 0.2) is 24.6 Å². The molecule has 0 spiro atoms. The van der Waals surface area contributed by atoms with Gasteiger partial charge in [0, 0.05) is 11.3 Å². The van der Waals surface area contributed by atoms with Crippen LogP contribution in [0.4, 0.5) is 14.5 Å². The van der Waals surface area contributed by atoms with Gasteiger partial charge in [-0.05, 0) is 36.4 Å². The molecular formula is C20H15F2NO6. The van der Waals surface area contributed by atoms with Crippen LogP contribution in [0.1, 0.15) is 10.4 Å². The van der Waals surface area contributed by atoms with E-state index >= 15 is 0 Å². The minimum Gasteiger partial charge on any atom is -0.470 e. The van der Waals surface area contributed by atoms with Crippen molar-refractivity contribution in [2.75, 3.05) is 18.5 Å². The second-order valence-electron chi connectivity index (χ2n) is 5.81. The fourth-order valence-electron chi connectivity index (χ4n) is 2.48. The Morgan fingerprint density at radius 1 is 1.07 bits per heavy atom. The number of rotatable bonds is 8. The van der Waals surface area contributed by atoms with E-state index in [-0.39, 0.29) is 29.4 Å². The van der Waals surface area contributed by atoms with Crippen LogP contribution in [0.2, 0.25) is 0 Å².